The van der Waals surface area contributed by atoms with Crippen molar-refractivity contribution in [2.24, 2.45) is 5.73 Å². The van der Waals surface area contributed by atoms with Crippen LogP contribution in [0.2, 0.25) is 0 Å². The lowest BCUT2D eigenvalue weighted by Crippen LogP contribution is -2.23. The Morgan fingerprint density at radius 1 is 0.585 bits per heavy atom. The van der Waals surface area contributed by atoms with Gasteiger partial charge in [0.25, 0.3) is 0 Å². The van der Waals surface area contributed by atoms with Crippen molar-refractivity contribution in [3.63, 3.8) is 0 Å². The highest BCUT2D eigenvalue weighted by Crippen LogP contribution is 2.50. The summed E-state index contributed by atoms with van der Waals surface area (Å²) in [6, 6.07) is 37.8. The number of benzene rings is 5. The number of allylic oxidation sites excluding steroid dienone is 2. The fourth-order valence-electron chi connectivity index (χ4n) is 5.97. The highest BCUT2D eigenvalue weighted by atomic mass is 16.5. The normalized spacial score (nSPS) is 17.2. The van der Waals surface area contributed by atoms with E-state index < -0.39 is 0 Å². The zero-order valence-electron chi connectivity index (χ0n) is 22.4. The first-order chi connectivity index (χ1) is 20.1. The zero-order valence-corrected chi connectivity index (χ0v) is 22.4. The lowest BCUT2D eigenvalue weighted by molar-refractivity contribution is 0.278. The molecule has 1 aliphatic carbocycles. The first kappa shape index (κ1) is 24.9. The first-order valence-electron chi connectivity index (χ1n) is 13.8. The molecule has 4 N–H and O–H groups in total. The zero-order chi connectivity index (χ0) is 27.9. The Morgan fingerprint density at radius 3 is 1.61 bits per heavy atom. The van der Waals surface area contributed by atoms with E-state index in [1.54, 1.807) is 24.3 Å². The second-order valence-electron chi connectivity index (χ2n) is 10.6. The molecule has 5 aromatic carbocycles. The lowest BCUT2D eigenvalue weighted by atomic mass is 9.79. The summed E-state index contributed by atoms with van der Waals surface area (Å²) in [7, 11) is 0. The molecule has 0 fully saturated rings. The van der Waals surface area contributed by atoms with E-state index in [1.165, 1.54) is 5.56 Å². The summed E-state index contributed by atoms with van der Waals surface area (Å²) >= 11 is 0. The van der Waals surface area contributed by atoms with E-state index in [2.05, 4.69) is 66.7 Å². The quantitative estimate of drug-likeness (QED) is 0.214. The Hall–Kier alpha value is -5.06. The Morgan fingerprint density at radius 2 is 1.07 bits per heavy atom. The van der Waals surface area contributed by atoms with Crippen LogP contribution in [0.4, 0.5) is 0 Å². The molecule has 0 aromatic heterocycles. The maximum absolute atomic E-state index is 9.67. The standard InChI is InChI=1S/C37H29NO3/c38-22-29-2-1-3-35-36(29)34-21-30(27-6-4-23(5-7-27)25-12-16-31(39)17-13-25)20-33(37(34)41-35)28-10-8-24(9-11-28)26-14-18-32(40)19-15-26/h1-21,34,37,39-40H,22,38H2. The molecular weight excluding hydrogens is 506 g/mol. The Kier molecular flexibility index (Phi) is 6.18. The minimum atomic E-state index is -0.141. The van der Waals surface area contributed by atoms with Crippen molar-refractivity contribution < 1.29 is 14.9 Å². The molecule has 0 bridgehead atoms. The molecule has 0 amide bonds. The van der Waals surface area contributed by atoms with Crippen LogP contribution < -0.4 is 10.5 Å². The first-order valence-corrected chi connectivity index (χ1v) is 13.8. The van der Waals surface area contributed by atoms with Crippen molar-refractivity contribution in [3.8, 4) is 39.5 Å². The second kappa shape index (κ2) is 10.2. The lowest BCUT2D eigenvalue weighted by Gasteiger charge is -2.26. The summed E-state index contributed by atoms with van der Waals surface area (Å²) < 4.78 is 6.60. The summed E-state index contributed by atoms with van der Waals surface area (Å²) in [6.07, 6.45) is 4.43. The summed E-state index contributed by atoms with van der Waals surface area (Å²) in [5.41, 5.74) is 17.3. The SMILES string of the molecule is NCc1cccc2c1C1C=C(c3ccc(-c4ccc(O)cc4)cc3)C=C(c3ccc(-c4ccc(O)cc4)cc3)C1O2. The molecule has 41 heavy (non-hydrogen) atoms. The molecule has 2 atom stereocenters. The topological polar surface area (TPSA) is 75.7 Å². The average Bonchev–Trinajstić information content (AvgIpc) is 3.41. The summed E-state index contributed by atoms with van der Waals surface area (Å²) in [4.78, 5) is 0. The predicted octanol–water partition coefficient (Wildman–Crippen LogP) is 7.92. The maximum Gasteiger partial charge on any atom is 0.135 e. The van der Waals surface area contributed by atoms with Gasteiger partial charge in [0.1, 0.15) is 23.4 Å². The molecule has 2 unspecified atom stereocenters. The minimum absolute atomic E-state index is 0.0494. The van der Waals surface area contributed by atoms with Gasteiger partial charge in [-0.25, -0.2) is 0 Å². The van der Waals surface area contributed by atoms with Crippen LogP contribution in [0.15, 0.2) is 127 Å². The van der Waals surface area contributed by atoms with E-state index in [9.17, 15) is 10.2 Å². The van der Waals surface area contributed by atoms with E-state index in [0.717, 1.165) is 55.8 Å². The molecule has 2 aliphatic rings. The predicted molar refractivity (Wildman–Crippen MR) is 165 cm³/mol. The number of hydrogen-bond acceptors (Lipinski definition) is 4. The van der Waals surface area contributed by atoms with Crippen molar-refractivity contribution in [1.82, 2.24) is 0 Å². The number of nitrogens with two attached hydrogens (primary N) is 1. The number of rotatable bonds is 5. The second-order valence-corrected chi connectivity index (χ2v) is 10.6. The fourth-order valence-corrected chi connectivity index (χ4v) is 5.97. The van der Waals surface area contributed by atoms with E-state index in [-0.39, 0.29) is 23.5 Å². The number of ether oxygens (including phenoxy) is 1. The molecule has 0 spiro atoms. The summed E-state index contributed by atoms with van der Waals surface area (Å²) in [5, 5.41) is 19.3. The van der Waals surface area contributed by atoms with Crippen LogP contribution in [-0.2, 0) is 6.54 Å². The van der Waals surface area contributed by atoms with Gasteiger partial charge >= 0.3 is 0 Å². The van der Waals surface area contributed by atoms with Crippen LogP contribution in [0.5, 0.6) is 17.2 Å². The number of fused-ring (bicyclic) bond motifs is 3. The van der Waals surface area contributed by atoms with Crippen LogP contribution in [0.1, 0.15) is 28.2 Å². The van der Waals surface area contributed by atoms with Gasteiger partial charge in [0.2, 0.25) is 0 Å². The van der Waals surface area contributed by atoms with Crippen LogP contribution >= 0.6 is 0 Å². The van der Waals surface area contributed by atoms with E-state index in [0.29, 0.717) is 6.54 Å². The van der Waals surface area contributed by atoms with Gasteiger partial charge in [-0.15, -0.1) is 0 Å². The molecule has 5 aromatic rings. The highest BCUT2D eigenvalue weighted by molar-refractivity contribution is 5.90. The van der Waals surface area contributed by atoms with Gasteiger partial charge in [0, 0.05) is 23.6 Å². The molecule has 1 aliphatic heterocycles. The minimum Gasteiger partial charge on any atom is -0.508 e. The third kappa shape index (κ3) is 4.58. The van der Waals surface area contributed by atoms with E-state index in [1.807, 2.05) is 36.4 Å². The van der Waals surface area contributed by atoms with Gasteiger partial charge in [-0.3, -0.25) is 0 Å². The third-order valence-electron chi connectivity index (χ3n) is 8.10. The smallest absolute Gasteiger partial charge is 0.135 e. The molecular formula is C37H29NO3. The van der Waals surface area contributed by atoms with E-state index in [4.69, 9.17) is 10.5 Å². The monoisotopic (exact) mass is 535 g/mol. The molecule has 4 nitrogen and oxygen atoms in total. The Labute approximate surface area is 239 Å². The van der Waals surface area contributed by atoms with Crippen molar-refractivity contribution >= 4 is 11.1 Å². The largest absolute Gasteiger partial charge is 0.508 e. The van der Waals surface area contributed by atoms with Gasteiger partial charge in [0.05, 0.1) is 0 Å². The van der Waals surface area contributed by atoms with Crippen molar-refractivity contribution in [3.05, 3.63) is 150 Å². The van der Waals surface area contributed by atoms with Crippen molar-refractivity contribution in [1.29, 1.82) is 0 Å². The number of aromatic hydroxyl groups is 2. The van der Waals surface area contributed by atoms with Gasteiger partial charge in [0.15, 0.2) is 0 Å². The number of hydrogen-bond donors (Lipinski definition) is 3. The van der Waals surface area contributed by atoms with Crippen LogP contribution in [0.3, 0.4) is 0 Å². The highest BCUT2D eigenvalue weighted by Gasteiger charge is 2.39. The van der Waals surface area contributed by atoms with Crippen LogP contribution in [0.25, 0.3) is 33.4 Å². The number of phenols is 2. The molecule has 7 rings (SSSR count). The van der Waals surface area contributed by atoms with Crippen molar-refractivity contribution in [2.75, 3.05) is 0 Å². The average molecular weight is 536 g/mol. The van der Waals surface area contributed by atoms with Gasteiger partial charge < -0.3 is 20.7 Å². The molecule has 0 saturated carbocycles. The summed E-state index contributed by atoms with van der Waals surface area (Å²) in [5.74, 6) is 1.47. The fraction of sp³-hybridized carbons (Fsp3) is 0.0811. The molecule has 1 heterocycles. The Balaban J connectivity index is 1.29. The van der Waals surface area contributed by atoms with Crippen LogP contribution in [0, 0.1) is 0 Å². The maximum atomic E-state index is 9.67. The third-order valence-corrected chi connectivity index (χ3v) is 8.10. The van der Waals surface area contributed by atoms with Gasteiger partial charge in [-0.1, -0.05) is 91.0 Å². The van der Waals surface area contributed by atoms with Crippen LogP contribution in [-0.4, -0.2) is 16.3 Å². The molecule has 4 heteroatoms. The Bertz CT molecular complexity index is 1780. The van der Waals surface area contributed by atoms with Gasteiger partial charge in [-0.05, 0) is 80.9 Å². The number of phenolic OH excluding ortho intramolecular Hbond substituents is 2. The van der Waals surface area contributed by atoms with Gasteiger partial charge in [-0.2, -0.15) is 0 Å². The molecule has 0 saturated heterocycles. The molecule has 0 radical (unpaired) electrons. The molecule has 200 valence electrons. The van der Waals surface area contributed by atoms with Crippen molar-refractivity contribution in [2.45, 2.75) is 18.6 Å². The summed E-state index contributed by atoms with van der Waals surface area (Å²) in [6.45, 7) is 0.459. The van der Waals surface area contributed by atoms with E-state index >= 15 is 0 Å².